The third kappa shape index (κ3) is 4.82. The summed E-state index contributed by atoms with van der Waals surface area (Å²) in [5, 5.41) is 9.89. The number of hydrogen-bond acceptors (Lipinski definition) is 0. The van der Waals surface area contributed by atoms with Crippen molar-refractivity contribution in [3.8, 4) is 33.9 Å². The zero-order valence-electron chi connectivity index (χ0n) is 34.7. The zero-order chi connectivity index (χ0) is 41.9. The van der Waals surface area contributed by atoms with Gasteiger partial charge in [-0.25, -0.2) is 0 Å². The van der Waals surface area contributed by atoms with Gasteiger partial charge in [-0.1, -0.05) is 164 Å². The van der Waals surface area contributed by atoms with Crippen molar-refractivity contribution in [2.24, 2.45) is 0 Å². The average molecular weight is 815 g/mol. The molecule has 4 aromatic heterocycles. The predicted octanol–water partition coefficient (Wildman–Crippen LogP) is 15.7. The molecule has 64 heavy (non-hydrogen) atoms. The summed E-state index contributed by atoms with van der Waals surface area (Å²) in [6, 6.07) is 84.6. The largest absolute Gasteiger partial charge is 0.309 e. The summed E-state index contributed by atoms with van der Waals surface area (Å²) < 4.78 is 9.92. The summed E-state index contributed by atoms with van der Waals surface area (Å²) in [5.41, 5.74) is 16.2. The lowest BCUT2D eigenvalue weighted by atomic mass is 10.00. The molecule has 0 unspecified atom stereocenters. The standard InChI is InChI=1S/C60H38N4/c1-10-28-51-40(18-1)41-19-2-11-29-52(41)62(51)53-30-12-7-24-46(53)48-37-36-39(38-59(48)64-56-33-15-5-22-44(56)45-23-6-16-34-57(45)64)61-50-27-9-8-25-47(50)49-26-17-35-58(60(49)61)63-54-31-13-3-20-42(54)43-21-4-14-32-55(43)63/h1-38H. The Labute approximate surface area is 368 Å². The highest BCUT2D eigenvalue weighted by atomic mass is 15.1. The van der Waals surface area contributed by atoms with E-state index in [1.807, 2.05) is 0 Å². The van der Waals surface area contributed by atoms with Crippen LogP contribution in [0.1, 0.15) is 0 Å². The Bertz CT molecular complexity index is 4050. The molecule has 298 valence electrons. The Hall–Kier alpha value is -8.60. The van der Waals surface area contributed by atoms with Gasteiger partial charge in [-0.05, 0) is 66.7 Å². The Morgan fingerprint density at radius 1 is 0.203 bits per heavy atom. The van der Waals surface area contributed by atoms with Crippen molar-refractivity contribution in [1.82, 2.24) is 18.3 Å². The summed E-state index contributed by atoms with van der Waals surface area (Å²) in [6.45, 7) is 0. The normalized spacial score (nSPS) is 12.1. The van der Waals surface area contributed by atoms with Crippen LogP contribution in [0.15, 0.2) is 231 Å². The Kier molecular flexibility index (Phi) is 7.36. The van der Waals surface area contributed by atoms with Gasteiger partial charge in [0, 0.05) is 59.9 Å². The molecule has 14 aromatic rings. The molecule has 0 atom stereocenters. The summed E-state index contributed by atoms with van der Waals surface area (Å²) in [5.74, 6) is 0. The predicted molar refractivity (Wildman–Crippen MR) is 269 cm³/mol. The first-order valence-corrected chi connectivity index (χ1v) is 22.0. The van der Waals surface area contributed by atoms with Crippen LogP contribution in [0.25, 0.3) is 121 Å². The minimum Gasteiger partial charge on any atom is -0.309 e. The molecule has 0 saturated carbocycles. The molecule has 0 amide bonds. The lowest BCUT2D eigenvalue weighted by Gasteiger charge is -2.21. The second-order valence-electron chi connectivity index (χ2n) is 16.9. The number of aromatic nitrogens is 4. The van der Waals surface area contributed by atoms with Gasteiger partial charge in [0.25, 0.3) is 0 Å². The molecule has 0 fully saturated rings. The highest BCUT2D eigenvalue weighted by Crippen LogP contribution is 2.44. The maximum atomic E-state index is 2.50. The molecular formula is C60H38N4. The van der Waals surface area contributed by atoms with Crippen LogP contribution in [0.5, 0.6) is 0 Å². The van der Waals surface area contributed by atoms with Gasteiger partial charge < -0.3 is 18.3 Å². The molecule has 4 heteroatoms. The molecule has 4 nitrogen and oxygen atoms in total. The fraction of sp³-hybridized carbons (Fsp3) is 0. The van der Waals surface area contributed by atoms with Gasteiger partial charge in [-0.3, -0.25) is 0 Å². The van der Waals surface area contributed by atoms with E-state index in [1.165, 1.54) is 81.7 Å². The number of rotatable bonds is 5. The fourth-order valence-electron chi connectivity index (χ4n) is 11.0. The van der Waals surface area contributed by atoms with Gasteiger partial charge in [0.1, 0.15) is 0 Å². The zero-order valence-corrected chi connectivity index (χ0v) is 34.7. The first kappa shape index (κ1) is 35.0. The minimum absolute atomic E-state index is 1.09. The molecule has 0 N–H and O–H groups in total. The molecule has 0 bridgehead atoms. The van der Waals surface area contributed by atoms with Crippen LogP contribution in [0.4, 0.5) is 0 Å². The third-order valence-electron chi connectivity index (χ3n) is 13.6. The van der Waals surface area contributed by atoms with E-state index in [9.17, 15) is 0 Å². The van der Waals surface area contributed by atoms with E-state index < -0.39 is 0 Å². The molecular weight excluding hydrogens is 777 g/mol. The van der Waals surface area contributed by atoms with E-state index in [-0.39, 0.29) is 0 Å². The summed E-state index contributed by atoms with van der Waals surface area (Å²) >= 11 is 0. The second-order valence-corrected chi connectivity index (χ2v) is 16.9. The quantitative estimate of drug-likeness (QED) is 0.165. The van der Waals surface area contributed by atoms with Crippen molar-refractivity contribution < 1.29 is 0 Å². The smallest absolute Gasteiger partial charge is 0.0782 e. The van der Waals surface area contributed by atoms with Crippen molar-refractivity contribution >= 4 is 87.2 Å². The highest BCUT2D eigenvalue weighted by Gasteiger charge is 2.24. The van der Waals surface area contributed by atoms with Crippen LogP contribution in [-0.2, 0) is 0 Å². The number of fused-ring (bicyclic) bond motifs is 12. The molecule has 0 spiro atoms. The van der Waals surface area contributed by atoms with Gasteiger partial charge in [0.15, 0.2) is 0 Å². The monoisotopic (exact) mass is 814 g/mol. The number of hydrogen-bond donors (Lipinski definition) is 0. The van der Waals surface area contributed by atoms with E-state index in [0.717, 1.165) is 39.4 Å². The van der Waals surface area contributed by atoms with Crippen LogP contribution < -0.4 is 0 Å². The summed E-state index contributed by atoms with van der Waals surface area (Å²) in [4.78, 5) is 0. The van der Waals surface area contributed by atoms with Crippen LogP contribution in [-0.4, -0.2) is 18.3 Å². The molecule has 0 aliphatic carbocycles. The second kappa shape index (κ2) is 13.4. The van der Waals surface area contributed by atoms with E-state index in [1.54, 1.807) is 0 Å². The first-order chi connectivity index (χ1) is 31.8. The molecule has 0 saturated heterocycles. The molecule has 0 radical (unpaired) electrons. The van der Waals surface area contributed by atoms with Gasteiger partial charge in [-0.15, -0.1) is 0 Å². The highest BCUT2D eigenvalue weighted by molar-refractivity contribution is 6.16. The maximum Gasteiger partial charge on any atom is 0.0782 e. The lowest BCUT2D eigenvalue weighted by Crippen LogP contribution is -2.04. The average Bonchev–Trinajstić information content (AvgIpc) is 4.09. The minimum atomic E-state index is 1.09. The molecule has 4 heterocycles. The lowest BCUT2D eigenvalue weighted by molar-refractivity contribution is 1.11. The first-order valence-electron chi connectivity index (χ1n) is 22.0. The Morgan fingerprint density at radius 3 is 0.984 bits per heavy atom. The van der Waals surface area contributed by atoms with Gasteiger partial charge in [0.05, 0.1) is 61.2 Å². The summed E-state index contributed by atoms with van der Waals surface area (Å²) in [6.07, 6.45) is 0. The van der Waals surface area contributed by atoms with Crippen LogP contribution in [0.2, 0.25) is 0 Å². The van der Waals surface area contributed by atoms with Crippen molar-refractivity contribution in [3.05, 3.63) is 231 Å². The van der Waals surface area contributed by atoms with Crippen molar-refractivity contribution in [2.75, 3.05) is 0 Å². The van der Waals surface area contributed by atoms with Crippen LogP contribution >= 0.6 is 0 Å². The molecule has 10 aromatic carbocycles. The molecule has 14 rings (SSSR count). The van der Waals surface area contributed by atoms with Crippen LogP contribution in [0.3, 0.4) is 0 Å². The number of nitrogens with zero attached hydrogens (tertiary/aromatic N) is 4. The Morgan fingerprint density at radius 2 is 0.516 bits per heavy atom. The van der Waals surface area contributed by atoms with Crippen molar-refractivity contribution in [3.63, 3.8) is 0 Å². The maximum absolute atomic E-state index is 2.50. The van der Waals surface area contributed by atoms with E-state index in [2.05, 4.69) is 249 Å². The van der Waals surface area contributed by atoms with Crippen molar-refractivity contribution in [2.45, 2.75) is 0 Å². The van der Waals surface area contributed by atoms with Gasteiger partial charge in [0.2, 0.25) is 0 Å². The molecule has 0 aliphatic rings. The molecule has 0 aliphatic heterocycles. The van der Waals surface area contributed by atoms with Gasteiger partial charge >= 0.3 is 0 Å². The van der Waals surface area contributed by atoms with Crippen LogP contribution in [0, 0.1) is 0 Å². The van der Waals surface area contributed by atoms with E-state index >= 15 is 0 Å². The summed E-state index contributed by atoms with van der Waals surface area (Å²) in [7, 11) is 0. The number of benzene rings is 10. The van der Waals surface area contributed by atoms with E-state index in [4.69, 9.17) is 0 Å². The fourth-order valence-corrected chi connectivity index (χ4v) is 11.0. The Balaban J connectivity index is 1.11. The topological polar surface area (TPSA) is 19.7 Å². The number of para-hydroxylation sites is 9. The SMILES string of the molecule is c1ccc(-n2c3ccccc3c3ccccc32)c(-c2ccc(-n3c4ccccc4c4cccc(-n5c6ccccc6c6ccccc65)c43)cc2-n2c3ccccc3c3ccccc32)c1. The van der Waals surface area contributed by atoms with Gasteiger partial charge in [-0.2, -0.15) is 0 Å². The van der Waals surface area contributed by atoms with E-state index in [0.29, 0.717) is 0 Å². The third-order valence-corrected chi connectivity index (χ3v) is 13.6. The van der Waals surface area contributed by atoms with Crippen molar-refractivity contribution in [1.29, 1.82) is 0 Å².